The molecule has 8 heteroatoms. The molecule has 0 unspecified atom stereocenters. The molecule has 0 aromatic carbocycles. The van der Waals surface area contributed by atoms with Crippen molar-refractivity contribution in [3.8, 4) is 0 Å². The van der Waals surface area contributed by atoms with Crippen molar-refractivity contribution in [2.75, 3.05) is 20.2 Å². The molecule has 2 heterocycles. The molecule has 1 spiro atoms. The zero-order valence-corrected chi connectivity index (χ0v) is 13.8. The third-order valence-electron chi connectivity index (χ3n) is 4.60. The minimum absolute atomic E-state index is 0. The lowest BCUT2D eigenvalue weighted by Gasteiger charge is -2.39. The summed E-state index contributed by atoms with van der Waals surface area (Å²) in [6.07, 6.45) is 2.48. The van der Waals surface area contributed by atoms with Gasteiger partial charge in [0.2, 0.25) is 11.8 Å². The fourth-order valence-corrected chi connectivity index (χ4v) is 3.30. The van der Waals surface area contributed by atoms with Crippen LogP contribution in [0.3, 0.4) is 0 Å². The Balaban J connectivity index is 0.00000242. The van der Waals surface area contributed by atoms with Gasteiger partial charge in [-0.2, -0.15) is 0 Å². The second-order valence-electron chi connectivity index (χ2n) is 6.04. The van der Waals surface area contributed by atoms with Gasteiger partial charge in [-0.15, -0.1) is 12.4 Å². The highest BCUT2D eigenvalue weighted by molar-refractivity contribution is 5.85. The monoisotopic (exact) mass is 333 g/mol. The zero-order valence-electron chi connectivity index (χ0n) is 13.0. The van der Waals surface area contributed by atoms with Crippen molar-refractivity contribution in [3.05, 3.63) is 0 Å². The first-order chi connectivity index (χ1) is 9.87. The van der Waals surface area contributed by atoms with E-state index in [0.29, 0.717) is 25.9 Å². The number of nitrogens with one attached hydrogen (secondary N) is 1. The lowest BCUT2D eigenvalue weighted by molar-refractivity contribution is -0.142. The van der Waals surface area contributed by atoms with E-state index in [2.05, 4.69) is 10.1 Å². The van der Waals surface area contributed by atoms with Crippen LogP contribution >= 0.6 is 12.4 Å². The Bertz CT molecular complexity index is 449. The molecule has 2 atom stereocenters. The van der Waals surface area contributed by atoms with Crippen LogP contribution in [0.1, 0.15) is 32.6 Å². The van der Waals surface area contributed by atoms with Crippen LogP contribution in [0.2, 0.25) is 0 Å². The predicted octanol–water partition coefficient (Wildman–Crippen LogP) is -0.184. The topological polar surface area (TPSA) is 102 Å². The van der Waals surface area contributed by atoms with Crippen molar-refractivity contribution >= 4 is 30.2 Å². The first-order valence-corrected chi connectivity index (χ1v) is 7.28. The quantitative estimate of drug-likeness (QED) is 0.697. The predicted molar refractivity (Wildman–Crippen MR) is 82.3 cm³/mol. The Hall–Kier alpha value is -1.34. The highest BCUT2D eigenvalue weighted by Gasteiger charge is 2.46. The second-order valence-corrected chi connectivity index (χ2v) is 6.04. The summed E-state index contributed by atoms with van der Waals surface area (Å²) in [7, 11) is 1.29. The molecule has 2 amide bonds. The number of carbonyl (C=O) groups is 3. The summed E-state index contributed by atoms with van der Waals surface area (Å²) in [5.74, 6) is -0.734. The first-order valence-electron chi connectivity index (χ1n) is 7.28. The van der Waals surface area contributed by atoms with Gasteiger partial charge in [0.25, 0.3) is 0 Å². The number of rotatable bonds is 3. The number of halogens is 1. The van der Waals surface area contributed by atoms with Crippen LogP contribution in [-0.2, 0) is 19.1 Å². The fourth-order valence-electron chi connectivity index (χ4n) is 3.30. The number of amides is 2. The van der Waals surface area contributed by atoms with Crippen LogP contribution in [-0.4, -0.2) is 54.5 Å². The molecule has 0 bridgehead atoms. The van der Waals surface area contributed by atoms with E-state index in [1.54, 1.807) is 11.8 Å². The molecule has 22 heavy (non-hydrogen) atoms. The summed E-state index contributed by atoms with van der Waals surface area (Å²) >= 11 is 0. The maximum Gasteiger partial charge on any atom is 0.322 e. The normalized spacial score (nSPS) is 24.4. The Kier molecular flexibility index (Phi) is 6.19. The molecule has 2 rings (SSSR count). The molecule has 0 aromatic rings. The van der Waals surface area contributed by atoms with Gasteiger partial charge in [-0.1, -0.05) is 0 Å². The van der Waals surface area contributed by atoms with Gasteiger partial charge in [0, 0.05) is 31.5 Å². The average molecular weight is 334 g/mol. The molecule has 0 aromatic heterocycles. The molecular weight excluding hydrogens is 310 g/mol. The lowest BCUT2D eigenvalue weighted by atomic mass is 9.82. The summed E-state index contributed by atoms with van der Waals surface area (Å²) < 4.78 is 4.60. The minimum atomic E-state index is -0.766. The molecule has 7 nitrogen and oxygen atoms in total. The van der Waals surface area contributed by atoms with Crippen LogP contribution < -0.4 is 11.1 Å². The standard InChI is InChI=1S/C14H23N3O4.ClH/c1-9(18)17-5-3-14(4-6-17)8-10(12(19)16-14)7-11(15)13(20)21-2;/h10-11H,3-8,15H2,1-2H3,(H,16,19);1H/t10-,11-;/m0./s1. The molecule has 2 aliphatic rings. The van der Waals surface area contributed by atoms with E-state index < -0.39 is 12.0 Å². The second kappa shape index (κ2) is 7.28. The molecule has 2 aliphatic heterocycles. The van der Waals surface area contributed by atoms with Crippen LogP contribution in [0.25, 0.3) is 0 Å². The van der Waals surface area contributed by atoms with Crippen molar-refractivity contribution in [3.63, 3.8) is 0 Å². The van der Waals surface area contributed by atoms with E-state index in [4.69, 9.17) is 5.73 Å². The van der Waals surface area contributed by atoms with E-state index >= 15 is 0 Å². The average Bonchev–Trinajstić information content (AvgIpc) is 2.74. The summed E-state index contributed by atoms with van der Waals surface area (Å²) in [5.41, 5.74) is 5.50. The molecular formula is C14H24ClN3O4. The third-order valence-corrected chi connectivity index (χ3v) is 4.60. The van der Waals surface area contributed by atoms with Crippen molar-refractivity contribution in [1.29, 1.82) is 0 Å². The van der Waals surface area contributed by atoms with Gasteiger partial charge in [0.1, 0.15) is 6.04 Å². The van der Waals surface area contributed by atoms with Gasteiger partial charge in [-0.05, 0) is 25.7 Å². The SMILES string of the molecule is COC(=O)[C@@H](N)C[C@H]1CC2(CCN(C(C)=O)CC2)NC1=O.Cl. The Morgan fingerprint density at radius 1 is 1.45 bits per heavy atom. The number of hydrogen-bond acceptors (Lipinski definition) is 5. The largest absolute Gasteiger partial charge is 0.468 e. The highest BCUT2D eigenvalue weighted by Crippen LogP contribution is 2.36. The number of likely N-dealkylation sites (tertiary alicyclic amines) is 1. The number of hydrogen-bond donors (Lipinski definition) is 2. The van der Waals surface area contributed by atoms with Crippen LogP contribution in [0.4, 0.5) is 0 Å². The van der Waals surface area contributed by atoms with E-state index in [1.807, 2.05) is 0 Å². The number of nitrogens with zero attached hydrogens (tertiary/aromatic N) is 1. The molecule has 0 aliphatic carbocycles. The number of methoxy groups -OCH3 is 1. The molecule has 126 valence electrons. The summed E-state index contributed by atoms with van der Waals surface area (Å²) in [6, 6.07) is -0.766. The van der Waals surface area contributed by atoms with Gasteiger partial charge in [-0.3, -0.25) is 14.4 Å². The summed E-state index contributed by atoms with van der Waals surface area (Å²) in [4.78, 5) is 36.6. The fraction of sp³-hybridized carbons (Fsp3) is 0.786. The van der Waals surface area contributed by atoms with Crippen molar-refractivity contribution in [2.24, 2.45) is 11.7 Å². The Labute approximate surface area is 136 Å². The van der Waals surface area contributed by atoms with Gasteiger partial charge in [-0.25, -0.2) is 0 Å². The maximum absolute atomic E-state index is 12.1. The molecule has 3 N–H and O–H groups in total. The van der Waals surface area contributed by atoms with Crippen molar-refractivity contribution in [2.45, 2.75) is 44.2 Å². The van der Waals surface area contributed by atoms with Crippen LogP contribution in [0.5, 0.6) is 0 Å². The summed E-state index contributed by atoms with van der Waals surface area (Å²) in [5, 5.41) is 3.06. The third kappa shape index (κ3) is 3.89. The van der Waals surface area contributed by atoms with Crippen molar-refractivity contribution in [1.82, 2.24) is 10.2 Å². The van der Waals surface area contributed by atoms with Crippen LogP contribution in [0.15, 0.2) is 0 Å². The number of esters is 1. The van der Waals surface area contributed by atoms with Crippen LogP contribution in [0, 0.1) is 5.92 Å². The van der Waals surface area contributed by atoms with E-state index in [0.717, 1.165) is 12.8 Å². The zero-order chi connectivity index (χ0) is 15.6. The number of carbonyl (C=O) groups excluding carboxylic acids is 3. The van der Waals surface area contributed by atoms with Gasteiger partial charge in [0.05, 0.1) is 7.11 Å². The smallest absolute Gasteiger partial charge is 0.322 e. The van der Waals surface area contributed by atoms with E-state index in [9.17, 15) is 14.4 Å². The molecule has 2 saturated heterocycles. The van der Waals surface area contributed by atoms with Gasteiger partial charge in [0.15, 0.2) is 0 Å². The minimum Gasteiger partial charge on any atom is -0.468 e. The van der Waals surface area contributed by atoms with E-state index in [-0.39, 0.29) is 35.7 Å². The van der Waals surface area contributed by atoms with Gasteiger partial charge < -0.3 is 20.7 Å². The first kappa shape index (κ1) is 18.7. The highest BCUT2D eigenvalue weighted by atomic mass is 35.5. The molecule has 0 radical (unpaired) electrons. The molecule has 2 fully saturated rings. The van der Waals surface area contributed by atoms with E-state index in [1.165, 1.54) is 7.11 Å². The van der Waals surface area contributed by atoms with Gasteiger partial charge >= 0.3 is 5.97 Å². The number of ether oxygens (including phenoxy) is 1. The number of piperidine rings is 1. The Morgan fingerprint density at radius 3 is 2.55 bits per heavy atom. The maximum atomic E-state index is 12.1. The van der Waals surface area contributed by atoms with Crippen molar-refractivity contribution < 1.29 is 19.1 Å². The number of nitrogens with two attached hydrogens (primary N) is 1. The summed E-state index contributed by atoms with van der Waals surface area (Å²) in [6.45, 7) is 2.88. The Morgan fingerprint density at radius 2 is 2.05 bits per heavy atom. The molecule has 0 saturated carbocycles. The lowest BCUT2D eigenvalue weighted by Crippen LogP contribution is -2.51.